The van der Waals surface area contributed by atoms with Crippen molar-refractivity contribution in [3.05, 3.63) is 66.7 Å². The van der Waals surface area contributed by atoms with Gasteiger partial charge in [0.15, 0.2) is 5.82 Å². The largest absolute Gasteiger partial charge is 0.382 e. The van der Waals surface area contributed by atoms with Crippen LogP contribution in [0.3, 0.4) is 0 Å². The first-order chi connectivity index (χ1) is 10.3. The molecule has 3 heteroatoms. The van der Waals surface area contributed by atoms with Crippen LogP contribution in [0.4, 0.5) is 5.82 Å². The van der Waals surface area contributed by atoms with E-state index < -0.39 is 0 Å². The van der Waals surface area contributed by atoms with E-state index in [-0.39, 0.29) is 0 Å². The molecule has 3 nitrogen and oxygen atoms in total. The maximum Gasteiger partial charge on any atom is 0.154 e. The molecule has 4 aromatic rings. The number of nitrogen functional groups attached to an aromatic ring is 1. The summed E-state index contributed by atoms with van der Waals surface area (Å²) in [6.07, 6.45) is 0. The van der Waals surface area contributed by atoms with E-state index in [1.165, 1.54) is 10.8 Å². The molecule has 0 spiro atoms. The first-order valence-electron chi connectivity index (χ1n) is 6.83. The monoisotopic (exact) mass is 271 g/mol. The molecule has 0 fully saturated rings. The van der Waals surface area contributed by atoms with Crippen LogP contribution < -0.4 is 5.73 Å². The molecule has 2 N–H and O–H groups in total. The third-order valence-corrected chi connectivity index (χ3v) is 3.74. The van der Waals surface area contributed by atoms with E-state index in [0.717, 1.165) is 22.0 Å². The summed E-state index contributed by atoms with van der Waals surface area (Å²) in [6, 6.07) is 22.6. The number of nitrogens with zero attached hydrogens (tertiary/aromatic N) is 2. The number of benzene rings is 3. The molecule has 0 amide bonds. The van der Waals surface area contributed by atoms with Crippen LogP contribution in [0.25, 0.3) is 32.8 Å². The second kappa shape index (κ2) is 4.56. The molecule has 0 aliphatic carbocycles. The quantitative estimate of drug-likeness (QED) is 0.568. The van der Waals surface area contributed by atoms with Crippen molar-refractivity contribution in [3.63, 3.8) is 0 Å². The Morgan fingerprint density at radius 3 is 2.24 bits per heavy atom. The Hall–Kier alpha value is -2.94. The second-order valence-electron chi connectivity index (χ2n) is 5.04. The average Bonchev–Trinajstić information content (AvgIpc) is 2.55. The van der Waals surface area contributed by atoms with Crippen LogP contribution in [0.2, 0.25) is 0 Å². The van der Waals surface area contributed by atoms with E-state index in [0.29, 0.717) is 5.82 Å². The predicted octanol–water partition coefficient (Wildman–Crippen LogP) is 4.03. The van der Waals surface area contributed by atoms with Gasteiger partial charge in [0.25, 0.3) is 0 Å². The molecule has 100 valence electrons. The molecule has 1 aromatic heterocycles. The van der Waals surface area contributed by atoms with Crippen LogP contribution in [-0.4, -0.2) is 10.2 Å². The van der Waals surface area contributed by atoms with Gasteiger partial charge in [-0.3, -0.25) is 0 Å². The summed E-state index contributed by atoms with van der Waals surface area (Å²) in [7, 11) is 0. The van der Waals surface area contributed by atoms with E-state index >= 15 is 0 Å². The fraction of sp³-hybridized carbons (Fsp3) is 0. The van der Waals surface area contributed by atoms with E-state index in [4.69, 9.17) is 5.73 Å². The zero-order valence-electron chi connectivity index (χ0n) is 11.3. The van der Waals surface area contributed by atoms with Crippen molar-refractivity contribution < 1.29 is 0 Å². The molecule has 0 bridgehead atoms. The first kappa shape index (κ1) is 11.9. The van der Waals surface area contributed by atoms with E-state index in [9.17, 15) is 0 Å². The zero-order valence-corrected chi connectivity index (χ0v) is 11.3. The van der Waals surface area contributed by atoms with Crippen LogP contribution in [0.5, 0.6) is 0 Å². The maximum absolute atomic E-state index is 5.92. The molecule has 1 heterocycles. The number of hydrogen-bond donors (Lipinski definition) is 1. The number of aromatic nitrogens is 2. The highest BCUT2D eigenvalue weighted by molar-refractivity contribution is 6.00. The highest BCUT2D eigenvalue weighted by Gasteiger charge is 2.09. The molecule has 4 rings (SSSR count). The van der Waals surface area contributed by atoms with Gasteiger partial charge in [-0.2, -0.15) is 0 Å². The van der Waals surface area contributed by atoms with Crippen LogP contribution >= 0.6 is 0 Å². The molecular formula is C18H13N3. The number of hydrogen-bond acceptors (Lipinski definition) is 3. The smallest absolute Gasteiger partial charge is 0.154 e. The van der Waals surface area contributed by atoms with Gasteiger partial charge in [-0.05, 0) is 16.8 Å². The molecule has 21 heavy (non-hydrogen) atoms. The third-order valence-electron chi connectivity index (χ3n) is 3.74. The fourth-order valence-electron chi connectivity index (χ4n) is 2.67. The summed E-state index contributed by atoms with van der Waals surface area (Å²) in [4.78, 5) is 0. The summed E-state index contributed by atoms with van der Waals surface area (Å²) in [6.45, 7) is 0. The van der Waals surface area contributed by atoms with Crippen molar-refractivity contribution in [2.24, 2.45) is 0 Å². The lowest BCUT2D eigenvalue weighted by molar-refractivity contribution is 1.07. The normalized spacial score (nSPS) is 11.0. The van der Waals surface area contributed by atoms with Crippen molar-refractivity contribution in [3.8, 4) is 11.3 Å². The standard InChI is InChI=1S/C18H13N3/c19-18-16-8-4-3-7-15(16)17(20-21-18)14-10-9-12-5-1-2-6-13(12)11-14/h1-11H,(H2,19,21). The highest BCUT2D eigenvalue weighted by Crippen LogP contribution is 2.30. The van der Waals surface area contributed by atoms with Crippen LogP contribution in [-0.2, 0) is 0 Å². The Labute approximate surface area is 122 Å². The predicted molar refractivity (Wildman–Crippen MR) is 86.9 cm³/mol. The van der Waals surface area contributed by atoms with Gasteiger partial charge in [-0.25, -0.2) is 0 Å². The van der Waals surface area contributed by atoms with E-state index in [1.807, 2.05) is 36.4 Å². The SMILES string of the molecule is Nc1nnc(-c2ccc3ccccc3c2)c2ccccc12. The van der Waals surface area contributed by atoms with Crippen molar-refractivity contribution >= 4 is 27.4 Å². The molecule has 0 aliphatic heterocycles. The van der Waals surface area contributed by atoms with Gasteiger partial charge in [0, 0.05) is 16.3 Å². The number of anilines is 1. The van der Waals surface area contributed by atoms with Gasteiger partial charge in [0.2, 0.25) is 0 Å². The number of nitrogens with two attached hydrogens (primary N) is 1. The second-order valence-corrected chi connectivity index (χ2v) is 5.04. The first-order valence-corrected chi connectivity index (χ1v) is 6.83. The average molecular weight is 271 g/mol. The maximum atomic E-state index is 5.92. The van der Waals surface area contributed by atoms with E-state index in [1.54, 1.807) is 0 Å². The lowest BCUT2D eigenvalue weighted by Crippen LogP contribution is -1.97. The molecule has 3 aromatic carbocycles. The summed E-state index contributed by atoms with van der Waals surface area (Å²) < 4.78 is 0. The highest BCUT2D eigenvalue weighted by atomic mass is 15.1. The molecule has 0 radical (unpaired) electrons. The Kier molecular flexibility index (Phi) is 2.57. The Morgan fingerprint density at radius 2 is 1.38 bits per heavy atom. The fourth-order valence-corrected chi connectivity index (χ4v) is 2.67. The van der Waals surface area contributed by atoms with Gasteiger partial charge < -0.3 is 5.73 Å². The minimum atomic E-state index is 0.468. The Balaban J connectivity index is 2.02. The van der Waals surface area contributed by atoms with Crippen LogP contribution in [0.1, 0.15) is 0 Å². The number of rotatable bonds is 1. The Bertz CT molecular complexity index is 961. The Morgan fingerprint density at radius 1 is 0.667 bits per heavy atom. The molecule has 0 saturated heterocycles. The molecular weight excluding hydrogens is 258 g/mol. The third kappa shape index (κ3) is 1.91. The van der Waals surface area contributed by atoms with Crippen molar-refractivity contribution in [1.29, 1.82) is 0 Å². The summed E-state index contributed by atoms with van der Waals surface area (Å²) in [5.41, 5.74) is 7.84. The van der Waals surface area contributed by atoms with Gasteiger partial charge >= 0.3 is 0 Å². The molecule has 0 saturated carbocycles. The van der Waals surface area contributed by atoms with Gasteiger partial charge in [-0.1, -0.05) is 60.7 Å². The van der Waals surface area contributed by atoms with Crippen LogP contribution in [0.15, 0.2) is 66.7 Å². The van der Waals surface area contributed by atoms with Gasteiger partial charge in [0.05, 0.1) is 0 Å². The topological polar surface area (TPSA) is 51.8 Å². The zero-order chi connectivity index (χ0) is 14.2. The lowest BCUT2D eigenvalue weighted by atomic mass is 10.0. The molecule has 0 aliphatic rings. The van der Waals surface area contributed by atoms with Crippen LogP contribution in [0, 0.1) is 0 Å². The number of fused-ring (bicyclic) bond motifs is 2. The lowest BCUT2D eigenvalue weighted by Gasteiger charge is -2.07. The van der Waals surface area contributed by atoms with Gasteiger partial charge in [-0.15, -0.1) is 10.2 Å². The summed E-state index contributed by atoms with van der Waals surface area (Å²) in [5.74, 6) is 0.468. The summed E-state index contributed by atoms with van der Waals surface area (Å²) in [5, 5.41) is 12.8. The van der Waals surface area contributed by atoms with Crippen molar-refractivity contribution in [1.82, 2.24) is 10.2 Å². The summed E-state index contributed by atoms with van der Waals surface area (Å²) >= 11 is 0. The molecule has 0 unspecified atom stereocenters. The molecule has 0 atom stereocenters. The van der Waals surface area contributed by atoms with Gasteiger partial charge in [0.1, 0.15) is 5.69 Å². The minimum absolute atomic E-state index is 0.468. The van der Waals surface area contributed by atoms with Crippen molar-refractivity contribution in [2.75, 3.05) is 5.73 Å². The van der Waals surface area contributed by atoms with Crippen molar-refractivity contribution in [2.45, 2.75) is 0 Å². The minimum Gasteiger partial charge on any atom is -0.382 e. The van der Waals surface area contributed by atoms with E-state index in [2.05, 4.69) is 40.5 Å².